The summed E-state index contributed by atoms with van der Waals surface area (Å²) in [5.74, 6) is -3.67. The Morgan fingerprint density at radius 3 is 2.55 bits per heavy atom. The standard InChI is InChI=1S/C39H48N6O12S/c1-6-23-18-39(23,36(50)43-58(52,53)26-8-9-26)42-32(47)29-16-25(56-33-27-10-7-24(54-5)15-21(27)11-13-40-33)19-45(29)34(48)28(41-37(51)57-38(2,3)4)17-30(46)44-14-12-22-20-55-35(49)31(22)44/h6-7,10-11,13,15,22-23,25-26,28-29,31H,1,8-9,12,14,16-20H2,2-5H3,(H,41,51)(H,42,47)(H,43,50)/t22?,23-,25?,28+,29+,31+,39-/m1/s1. The molecule has 5 amide bonds. The topological polar surface area (TPSA) is 229 Å². The number of likely N-dealkylation sites (tertiary alicyclic amines) is 2. The average molecular weight is 825 g/mol. The van der Waals surface area contributed by atoms with E-state index >= 15 is 0 Å². The van der Waals surface area contributed by atoms with Gasteiger partial charge in [0.15, 0.2) is 0 Å². The summed E-state index contributed by atoms with van der Waals surface area (Å²) in [7, 11) is -2.43. The van der Waals surface area contributed by atoms with Crippen molar-refractivity contribution in [3.63, 3.8) is 0 Å². The maximum absolute atomic E-state index is 14.7. The number of carbonyl (C=O) groups excluding carboxylic acids is 6. The van der Waals surface area contributed by atoms with Crippen LogP contribution in [0.1, 0.15) is 59.3 Å². The smallest absolute Gasteiger partial charge is 0.408 e. The Morgan fingerprint density at radius 1 is 1.12 bits per heavy atom. The summed E-state index contributed by atoms with van der Waals surface area (Å²) in [6.45, 7) is 8.84. The molecule has 19 heteroatoms. The van der Waals surface area contributed by atoms with Gasteiger partial charge in [0, 0.05) is 36.4 Å². The molecule has 2 aliphatic carbocycles. The van der Waals surface area contributed by atoms with Crippen molar-refractivity contribution < 1.29 is 56.1 Å². The molecule has 2 saturated carbocycles. The zero-order valence-electron chi connectivity index (χ0n) is 32.7. The quantitative estimate of drug-likeness (QED) is 0.192. The number of esters is 1. The van der Waals surface area contributed by atoms with Crippen molar-refractivity contribution in [1.82, 2.24) is 30.1 Å². The van der Waals surface area contributed by atoms with Crippen molar-refractivity contribution in [2.45, 2.75) is 99.9 Å². The minimum absolute atomic E-state index is 0.0655. The second kappa shape index (κ2) is 15.4. The molecule has 3 N–H and O–H groups in total. The van der Waals surface area contributed by atoms with E-state index in [2.05, 4.69) is 26.9 Å². The van der Waals surface area contributed by atoms with Gasteiger partial charge in [-0.1, -0.05) is 6.08 Å². The average Bonchev–Trinajstić information content (AvgIpc) is 4.01. The second-order valence-electron chi connectivity index (χ2n) is 16.5. The number of amides is 5. The summed E-state index contributed by atoms with van der Waals surface area (Å²) in [5, 5.41) is 5.92. The summed E-state index contributed by atoms with van der Waals surface area (Å²) in [6, 6.07) is 3.33. The molecule has 18 nitrogen and oxygen atoms in total. The monoisotopic (exact) mass is 824 g/mol. The lowest BCUT2D eigenvalue weighted by molar-refractivity contribution is -0.148. The van der Waals surface area contributed by atoms with Gasteiger partial charge in [-0.3, -0.25) is 23.9 Å². The van der Waals surface area contributed by atoms with Gasteiger partial charge in [0.2, 0.25) is 33.6 Å². The fraction of sp³-hybridized carbons (Fsp3) is 0.564. The first-order valence-corrected chi connectivity index (χ1v) is 20.8. The van der Waals surface area contributed by atoms with Crippen LogP contribution in [0.3, 0.4) is 0 Å². The van der Waals surface area contributed by atoms with Crippen LogP contribution in [0.2, 0.25) is 0 Å². The number of aromatic nitrogens is 1. The number of pyridine rings is 1. The third-order valence-electron chi connectivity index (χ3n) is 11.2. The number of rotatable bonds is 13. The number of nitrogens with zero attached hydrogens (tertiary/aromatic N) is 3. The summed E-state index contributed by atoms with van der Waals surface area (Å²) >= 11 is 0. The Kier molecular flexibility index (Phi) is 10.8. The van der Waals surface area contributed by atoms with Crippen molar-refractivity contribution in [2.75, 3.05) is 26.8 Å². The molecule has 3 aliphatic heterocycles. The van der Waals surface area contributed by atoms with E-state index in [9.17, 15) is 37.2 Å². The molecule has 312 valence electrons. The molecule has 3 saturated heterocycles. The predicted molar refractivity (Wildman–Crippen MR) is 204 cm³/mol. The number of hydrogen-bond acceptors (Lipinski definition) is 13. The number of cyclic esters (lactones) is 1. The molecule has 0 radical (unpaired) electrons. The minimum Gasteiger partial charge on any atom is -0.497 e. The van der Waals surface area contributed by atoms with Crippen LogP contribution in [0.5, 0.6) is 11.6 Å². The number of carbonyl (C=O) groups is 6. The van der Waals surface area contributed by atoms with E-state index in [1.165, 1.54) is 24.3 Å². The molecule has 1 aromatic heterocycles. The van der Waals surface area contributed by atoms with Crippen molar-refractivity contribution in [1.29, 1.82) is 0 Å². The zero-order valence-corrected chi connectivity index (χ0v) is 33.5. The van der Waals surface area contributed by atoms with Crippen molar-refractivity contribution in [3.05, 3.63) is 43.1 Å². The highest BCUT2D eigenvalue weighted by atomic mass is 32.2. The maximum atomic E-state index is 14.7. The normalized spacial score (nSPS) is 26.9. The molecule has 2 aromatic rings. The summed E-state index contributed by atoms with van der Waals surface area (Å²) in [6.07, 6.45) is 1.84. The van der Waals surface area contributed by atoms with Gasteiger partial charge in [-0.15, -0.1) is 6.58 Å². The fourth-order valence-corrected chi connectivity index (χ4v) is 9.31. The number of sulfonamides is 1. The predicted octanol–water partition coefficient (Wildman–Crippen LogP) is 1.32. The molecule has 0 spiro atoms. The van der Waals surface area contributed by atoms with Crippen LogP contribution < -0.4 is 24.8 Å². The van der Waals surface area contributed by atoms with Crippen LogP contribution in [-0.2, 0) is 43.5 Å². The molecule has 7 rings (SSSR count). The van der Waals surface area contributed by atoms with E-state index in [1.807, 2.05) is 0 Å². The Labute approximate surface area is 335 Å². The molecular weight excluding hydrogens is 777 g/mol. The van der Waals surface area contributed by atoms with E-state index in [1.54, 1.807) is 45.0 Å². The van der Waals surface area contributed by atoms with Crippen molar-refractivity contribution in [3.8, 4) is 11.6 Å². The number of hydrogen-bond donors (Lipinski definition) is 3. The van der Waals surface area contributed by atoms with E-state index < -0.39 is 98.7 Å². The van der Waals surface area contributed by atoms with Gasteiger partial charge in [-0.25, -0.2) is 23.0 Å². The van der Waals surface area contributed by atoms with Crippen molar-refractivity contribution in [2.24, 2.45) is 11.8 Å². The highest BCUT2D eigenvalue weighted by Gasteiger charge is 2.62. The first kappa shape index (κ1) is 40.7. The highest BCUT2D eigenvalue weighted by Crippen LogP contribution is 2.45. The Morgan fingerprint density at radius 2 is 1.88 bits per heavy atom. The van der Waals surface area contributed by atoms with Crippen LogP contribution in [0.15, 0.2) is 43.1 Å². The second-order valence-corrected chi connectivity index (χ2v) is 18.4. The van der Waals surface area contributed by atoms with Crippen LogP contribution in [0.25, 0.3) is 10.8 Å². The third kappa shape index (κ3) is 8.26. The molecule has 0 bridgehead atoms. The van der Waals surface area contributed by atoms with E-state index in [-0.39, 0.29) is 44.3 Å². The zero-order chi connectivity index (χ0) is 41.7. The lowest BCUT2D eigenvalue weighted by Crippen LogP contribution is -2.59. The summed E-state index contributed by atoms with van der Waals surface area (Å²) < 4.78 is 50.0. The molecule has 5 fully saturated rings. The molecule has 2 unspecified atom stereocenters. The van der Waals surface area contributed by atoms with Crippen LogP contribution in [-0.4, -0.2) is 126 Å². The number of alkyl carbamates (subject to hydrolysis) is 1. The lowest BCUT2D eigenvalue weighted by atomic mass is 10.0. The molecule has 58 heavy (non-hydrogen) atoms. The number of benzene rings is 1. The first-order valence-electron chi connectivity index (χ1n) is 19.3. The van der Waals surface area contributed by atoms with Crippen LogP contribution >= 0.6 is 0 Å². The van der Waals surface area contributed by atoms with Gasteiger partial charge in [-0.2, -0.15) is 0 Å². The molecule has 4 heterocycles. The van der Waals surface area contributed by atoms with Crippen molar-refractivity contribution >= 4 is 56.5 Å². The minimum atomic E-state index is -3.97. The first-order chi connectivity index (χ1) is 27.4. The van der Waals surface area contributed by atoms with Gasteiger partial charge in [0.05, 0.1) is 31.9 Å². The SMILES string of the molecule is C=C[C@@H]1C[C@]1(NC(=O)[C@@H]1CC(Oc2nccc3cc(OC)ccc23)CN1C(=O)[C@H](CC(=O)N1CCC2COC(=O)[C@H]21)NC(=O)OC(C)(C)C)C(=O)NS(=O)(=O)C1CC1. The van der Waals surface area contributed by atoms with Gasteiger partial charge < -0.3 is 39.4 Å². The number of methoxy groups -OCH3 is 1. The van der Waals surface area contributed by atoms with E-state index in [4.69, 9.17) is 18.9 Å². The Bertz CT molecular complexity index is 2150. The van der Waals surface area contributed by atoms with Gasteiger partial charge in [0.1, 0.15) is 41.1 Å². The summed E-state index contributed by atoms with van der Waals surface area (Å²) in [5.41, 5.74) is -2.63. The number of nitrogens with one attached hydrogen (secondary N) is 3. The summed E-state index contributed by atoms with van der Waals surface area (Å²) in [4.78, 5) is 89.2. The maximum Gasteiger partial charge on any atom is 0.408 e. The molecule has 7 atom stereocenters. The van der Waals surface area contributed by atoms with Gasteiger partial charge in [-0.05, 0) is 76.1 Å². The third-order valence-corrected chi connectivity index (χ3v) is 13.0. The van der Waals surface area contributed by atoms with Crippen LogP contribution in [0, 0.1) is 11.8 Å². The van der Waals surface area contributed by atoms with E-state index in [0.29, 0.717) is 30.4 Å². The van der Waals surface area contributed by atoms with Gasteiger partial charge >= 0.3 is 12.1 Å². The largest absolute Gasteiger partial charge is 0.497 e. The fourth-order valence-electron chi connectivity index (χ4n) is 7.95. The molecule has 1 aromatic carbocycles. The molecular formula is C39H48N6O12S. The van der Waals surface area contributed by atoms with Gasteiger partial charge in [0.25, 0.3) is 5.91 Å². The Balaban J connectivity index is 1.18. The molecule has 5 aliphatic rings. The Hall–Kier alpha value is -5.46. The van der Waals surface area contributed by atoms with Crippen LogP contribution in [0.4, 0.5) is 4.79 Å². The number of ether oxygens (including phenoxy) is 4. The highest BCUT2D eigenvalue weighted by molar-refractivity contribution is 7.91. The number of fused-ring (bicyclic) bond motifs is 2. The lowest BCUT2D eigenvalue weighted by Gasteiger charge is -2.31. The van der Waals surface area contributed by atoms with E-state index in [0.717, 1.165) is 10.3 Å².